The zero-order chi connectivity index (χ0) is 16.1. The zero-order valence-electron chi connectivity index (χ0n) is 12.7. The predicted molar refractivity (Wildman–Crippen MR) is 82.6 cm³/mol. The number of rotatable bonds is 5. The fourth-order valence-electron chi connectivity index (χ4n) is 2.71. The van der Waals surface area contributed by atoms with E-state index in [4.69, 9.17) is 9.15 Å². The average molecular weight is 318 g/mol. The van der Waals surface area contributed by atoms with Crippen molar-refractivity contribution in [3.8, 4) is 0 Å². The smallest absolute Gasteiger partial charge is 0.254 e. The molecule has 5 nitrogen and oxygen atoms in total. The van der Waals surface area contributed by atoms with Crippen LogP contribution in [0, 0.1) is 5.82 Å². The second-order valence-electron chi connectivity index (χ2n) is 5.37. The van der Waals surface area contributed by atoms with Gasteiger partial charge >= 0.3 is 0 Å². The maximum atomic E-state index is 13.7. The van der Waals surface area contributed by atoms with Crippen LogP contribution in [-0.2, 0) is 4.74 Å². The monoisotopic (exact) mass is 318 g/mol. The number of amides is 1. The molecule has 2 heterocycles. The fraction of sp³-hybridized carbons (Fsp3) is 0.353. The summed E-state index contributed by atoms with van der Waals surface area (Å²) in [5.41, 5.74) is 0.0488. The topological polar surface area (TPSA) is 54.7 Å². The molecule has 1 fully saturated rings. The standard InChI is InChI=1S/C17H19FN2O3/c18-14-5-2-1-4-13(14)17(21)19-12-15(16-6-3-9-23-16)20-7-10-22-11-8-20/h1-6,9,15H,7-8,10-12H2,(H,19,21)/t15-/m1/s1. The first-order chi connectivity index (χ1) is 11.3. The summed E-state index contributed by atoms with van der Waals surface area (Å²) in [6.07, 6.45) is 1.61. The highest BCUT2D eigenvalue weighted by atomic mass is 19.1. The summed E-state index contributed by atoms with van der Waals surface area (Å²) in [6, 6.07) is 9.57. The van der Waals surface area contributed by atoms with E-state index in [-0.39, 0.29) is 11.6 Å². The molecular formula is C17H19FN2O3. The van der Waals surface area contributed by atoms with Crippen molar-refractivity contribution in [2.24, 2.45) is 0 Å². The van der Waals surface area contributed by atoms with Crippen molar-refractivity contribution in [3.05, 3.63) is 59.8 Å². The number of nitrogens with one attached hydrogen (secondary N) is 1. The van der Waals surface area contributed by atoms with Gasteiger partial charge in [0.15, 0.2) is 0 Å². The number of ether oxygens (including phenoxy) is 1. The Balaban J connectivity index is 1.69. The van der Waals surface area contributed by atoms with Crippen LogP contribution in [0.5, 0.6) is 0 Å². The molecule has 6 heteroatoms. The van der Waals surface area contributed by atoms with E-state index in [9.17, 15) is 9.18 Å². The number of hydrogen-bond acceptors (Lipinski definition) is 4. The van der Waals surface area contributed by atoms with Crippen LogP contribution in [-0.4, -0.2) is 43.7 Å². The van der Waals surface area contributed by atoms with Crippen LogP contribution in [0.3, 0.4) is 0 Å². The van der Waals surface area contributed by atoms with Gasteiger partial charge in [0, 0.05) is 19.6 Å². The second-order valence-corrected chi connectivity index (χ2v) is 5.37. The number of carbonyl (C=O) groups excluding carboxylic acids is 1. The van der Waals surface area contributed by atoms with Crippen LogP contribution in [0.15, 0.2) is 47.1 Å². The molecule has 0 aliphatic carbocycles. The summed E-state index contributed by atoms with van der Waals surface area (Å²) in [5.74, 6) is -0.167. The number of furan rings is 1. The maximum Gasteiger partial charge on any atom is 0.254 e. The van der Waals surface area contributed by atoms with Gasteiger partial charge in [-0.05, 0) is 24.3 Å². The normalized spacial score (nSPS) is 16.9. The third-order valence-corrected chi connectivity index (χ3v) is 3.93. The molecule has 23 heavy (non-hydrogen) atoms. The first-order valence-corrected chi connectivity index (χ1v) is 7.63. The zero-order valence-corrected chi connectivity index (χ0v) is 12.7. The van der Waals surface area contributed by atoms with Crippen LogP contribution < -0.4 is 5.32 Å². The molecule has 0 saturated carbocycles. The minimum Gasteiger partial charge on any atom is -0.468 e. The highest BCUT2D eigenvalue weighted by Crippen LogP contribution is 2.22. The van der Waals surface area contributed by atoms with E-state index >= 15 is 0 Å². The lowest BCUT2D eigenvalue weighted by Gasteiger charge is -2.33. The molecule has 1 aliphatic heterocycles. The summed E-state index contributed by atoms with van der Waals surface area (Å²) in [5, 5.41) is 2.80. The van der Waals surface area contributed by atoms with Gasteiger partial charge in [0.25, 0.3) is 5.91 Å². The third kappa shape index (κ3) is 3.78. The molecule has 3 rings (SSSR count). The van der Waals surface area contributed by atoms with Gasteiger partial charge in [0.1, 0.15) is 11.6 Å². The summed E-state index contributed by atoms with van der Waals surface area (Å²) >= 11 is 0. The van der Waals surface area contributed by atoms with Gasteiger partial charge in [0.05, 0.1) is 31.1 Å². The molecule has 1 amide bonds. The molecule has 0 spiro atoms. The molecule has 122 valence electrons. The molecule has 0 unspecified atom stereocenters. The molecule has 0 radical (unpaired) electrons. The van der Waals surface area contributed by atoms with E-state index in [0.717, 1.165) is 18.8 Å². The van der Waals surface area contributed by atoms with Gasteiger partial charge in [-0.15, -0.1) is 0 Å². The molecule has 1 atom stereocenters. The van der Waals surface area contributed by atoms with Crippen LogP contribution in [0.25, 0.3) is 0 Å². The van der Waals surface area contributed by atoms with Gasteiger partial charge < -0.3 is 14.5 Å². The maximum absolute atomic E-state index is 13.7. The third-order valence-electron chi connectivity index (χ3n) is 3.93. The Morgan fingerprint density at radius 2 is 2.00 bits per heavy atom. The van der Waals surface area contributed by atoms with E-state index < -0.39 is 11.7 Å². The van der Waals surface area contributed by atoms with Gasteiger partial charge in [-0.1, -0.05) is 12.1 Å². The van der Waals surface area contributed by atoms with Crippen LogP contribution >= 0.6 is 0 Å². The molecular weight excluding hydrogens is 299 g/mol. The molecule has 1 aliphatic rings. The highest BCUT2D eigenvalue weighted by Gasteiger charge is 2.25. The van der Waals surface area contributed by atoms with Crippen molar-refractivity contribution in [1.29, 1.82) is 0 Å². The Hall–Kier alpha value is -2.18. The number of nitrogens with zero attached hydrogens (tertiary/aromatic N) is 1. The van der Waals surface area contributed by atoms with E-state index in [1.807, 2.05) is 12.1 Å². The minimum atomic E-state index is -0.522. The summed E-state index contributed by atoms with van der Waals surface area (Å²) < 4.78 is 24.6. The average Bonchev–Trinajstić information content (AvgIpc) is 3.10. The van der Waals surface area contributed by atoms with Crippen molar-refractivity contribution in [2.45, 2.75) is 6.04 Å². The summed E-state index contributed by atoms with van der Waals surface area (Å²) in [6.45, 7) is 3.18. The second kappa shape index (κ2) is 7.39. The van der Waals surface area contributed by atoms with Gasteiger partial charge in [-0.25, -0.2) is 4.39 Å². The largest absolute Gasteiger partial charge is 0.468 e. The van der Waals surface area contributed by atoms with Gasteiger partial charge in [-0.2, -0.15) is 0 Å². The van der Waals surface area contributed by atoms with Gasteiger partial charge in [-0.3, -0.25) is 9.69 Å². The molecule has 1 saturated heterocycles. The molecule has 0 bridgehead atoms. The molecule has 2 aromatic rings. The van der Waals surface area contributed by atoms with E-state index in [1.165, 1.54) is 12.1 Å². The Kier molecular flexibility index (Phi) is 5.05. The van der Waals surface area contributed by atoms with E-state index in [1.54, 1.807) is 18.4 Å². The number of benzene rings is 1. The van der Waals surface area contributed by atoms with Crippen LogP contribution in [0.2, 0.25) is 0 Å². The number of carbonyl (C=O) groups is 1. The van der Waals surface area contributed by atoms with Crippen LogP contribution in [0.1, 0.15) is 22.2 Å². The van der Waals surface area contributed by atoms with Crippen LogP contribution in [0.4, 0.5) is 4.39 Å². The Morgan fingerprint density at radius 3 is 2.70 bits per heavy atom. The Morgan fingerprint density at radius 1 is 1.22 bits per heavy atom. The molecule has 1 aromatic carbocycles. The SMILES string of the molecule is O=C(NC[C@H](c1ccco1)N1CCOCC1)c1ccccc1F. The first kappa shape index (κ1) is 15.7. The van der Waals surface area contributed by atoms with Crippen molar-refractivity contribution in [1.82, 2.24) is 10.2 Å². The lowest BCUT2D eigenvalue weighted by molar-refractivity contribution is 0.0118. The molecule has 1 N–H and O–H groups in total. The summed E-state index contributed by atoms with van der Waals surface area (Å²) in [4.78, 5) is 14.4. The summed E-state index contributed by atoms with van der Waals surface area (Å²) in [7, 11) is 0. The van der Waals surface area contributed by atoms with E-state index in [0.29, 0.717) is 19.8 Å². The fourth-order valence-corrected chi connectivity index (χ4v) is 2.71. The Labute approximate surface area is 134 Å². The first-order valence-electron chi connectivity index (χ1n) is 7.63. The van der Waals surface area contributed by atoms with Crippen molar-refractivity contribution < 1.29 is 18.3 Å². The number of halogens is 1. The van der Waals surface area contributed by atoms with Crippen molar-refractivity contribution in [2.75, 3.05) is 32.8 Å². The number of morpholine rings is 1. The Bertz CT molecular complexity index is 639. The molecule has 1 aromatic heterocycles. The highest BCUT2D eigenvalue weighted by molar-refractivity contribution is 5.94. The lowest BCUT2D eigenvalue weighted by Crippen LogP contribution is -2.43. The quantitative estimate of drug-likeness (QED) is 0.918. The van der Waals surface area contributed by atoms with Crippen molar-refractivity contribution >= 4 is 5.91 Å². The van der Waals surface area contributed by atoms with E-state index in [2.05, 4.69) is 10.2 Å². The van der Waals surface area contributed by atoms with Gasteiger partial charge in [0.2, 0.25) is 0 Å². The minimum absolute atomic E-state index is 0.0488. The number of hydrogen-bond donors (Lipinski definition) is 1. The lowest BCUT2D eigenvalue weighted by atomic mass is 10.1. The van der Waals surface area contributed by atoms with Crippen molar-refractivity contribution in [3.63, 3.8) is 0 Å². The predicted octanol–water partition coefficient (Wildman–Crippen LogP) is 2.22.